The molecule has 0 aliphatic rings. The highest BCUT2D eigenvalue weighted by atomic mass is 16.6. The first-order chi connectivity index (χ1) is 9.02. The van der Waals surface area contributed by atoms with Gasteiger partial charge in [-0.05, 0) is 24.6 Å². The highest BCUT2D eigenvalue weighted by Crippen LogP contribution is 2.28. The summed E-state index contributed by atoms with van der Waals surface area (Å²) in [4.78, 5) is 20.3. The molecular formula is C12H14N2O5. The Hall–Kier alpha value is -2.57. The van der Waals surface area contributed by atoms with Crippen LogP contribution in [0.3, 0.4) is 0 Å². The van der Waals surface area contributed by atoms with Gasteiger partial charge in [-0.3, -0.25) is 14.9 Å². The van der Waals surface area contributed by atoms with Crippen molar-refractivity contribution in [2.24, 2.45) is 5.73 Å². The lowest BCUT2D eigenvalue weighted by Gasteiger charge is -2.11. The molecule has 1 aromatic carbocycles. The summed E-state index contributed by atoms with van der Waals surface area (Å²) in [7, 11) is 0. The minimum atomic E-state index is -0.597. The molecule has 1 amide bonds. The van der Waals surface area contributed by atoms with E-state index in [0.29, 0.717) is 23.7 Å². The number of amides is 1. The van der Waals surface area contributed by atoms with Crippen LogP contribution in [-0.4, -0.2) is 24.0 Å². The number of primary amides is 1. The van der Waals surface area contributed by atoms with Gasteiger partial charge >= 0.3 is 0 Å². The van der Waals surface area contributed by atoms with Crippen LogP contribution in [-0.2, 0) is 4.79 Å². The molecule has 0 radical (unpaired) electrons. The minimum Gasteiger partial charge on any atom is -0.490 e. The van der Waals surface area contributed by atoms with Crippen LogP contribution in [0.4, 0.5) is 0 Å². The summed E-state index contributed by atoms with van der Waals surface area (Å²) in [6.07, 6.45) is 2.16. The highest BCUT2D eigenvalue weighted by molar-refractivity contribution is 5.75. The SMILES string of the molecule is CCOc1cc(C=C[N+](=O)[O-])ccc1OCC(N)=O. The van der Waals surface area contributed by atoms with Crippen molar-refractivity contribution >= 4 is 12.0 Å². The molecule has 0 unspecified atom stereocenters. The second kappa shape index (κ2) is 7.00. The largest absolute Gasteiger partial charge is 0.490 e. The molecule has 0 aromatic heterocycles. The van der Waals surface area contributed by atoms with E-state index in [0.717, 1.165) is 6.20 Å². The van der Waals surface area contributed by atoms with E-state index in [1.807, 2.05) is 0 Å². The molecule has 0 saturated heterocycles. The number of hydrogen-bond donors (Lipinski definition) is 1. The molecule has 0 saturated carbocycles. The predicted octanol–water partition coefficient (Wildman–Crippen LogP) is 1.20. The second-order valence-electron chi connectivity index (χ2n) is 3.50. The average molecular weight is 266 g/mol. The Bertz CT molecular complexity index is 499. The number of nitrogens with zero attached hydrogens (tertiary/aromatic N) is 1. The van der Waals surface area contributed by atoms with E-state index in [4.69, 9.17) is 15.2 Å². The van der Waals surface area contributed by atoms with Gasteiger partial charge in [0.05, 0.1) is 11.5 Å². The quantitative estimate of drug-likeness (QED) is 0.589. The van der Waals surface area contributed by atoms with E-state index in [1.165, 1.54) is 6.08 Å². The Kier molecular flexibility index (Phi) is 5.34. The van der Waals surface area contributed by atoms with Gasteiger partial charge in [0.1, 0.15) is 0 Å². The number of carbonyl (C=O) groups is 1. The Balaban J connectivity index is 2.93. The molecule has 102 valence electrons. The number of nitrogens with two attached hydrogens (primary N) is 1. The molecule has 0 heterocycles. The van der Waals surface area contributed by atoms with Crippen molar-refractivity contribution in [1.29, 1.82) is 0 Å². The van der Waals surface area contributed by atoms with E-state index in [-0.39, 0.29) is 6.61 Å². The lowest BCUT2D eigenvalue weighted by atomic mass is 10.2. The molecule has 0 bridgehead atoms. The minimum absolute atomic E-state index is 0.260. The zero-order valence-electron chi connectivity index (χ0n) is 10.4. The van der Waals surface area contributed by atoms with E-state index < -0.39 is 10.8 Å². The summed E-state index contributed by atoms with van der Waals surface area (Å²) in [6.45, 7) is 1.93. The van der Waals surface area contributed by atoms with E-state index in [2.05, 4.69) is 0 Å². The summed E-state index contributed by atoms with van der Waals surface area (Å²) >= 11 is 0. The lowest BCUT2D eigenvalue weighted by Crippen LogP contribution is -2.20. The summed E-state index contributed by atoms with van der Waals surface area (Å²) in [5, 5.41) is 10.2. The fourth-order valence-electron chi connectivity index (χ4n) is 1.31. The number of benzene rings is 1. The first-order valence-electron chi connectivity index (χ1n) is 5.52. The third kappa shape index (κ3) is 5.07. The first-order valence-corrected chi connectivity index (χ1v) is 5.52. The van der Waals surface area contributed by atoms with Gasteiger partial charge in [-0.2, -0.15) is 0 Å². The highest BCUT2D eigenvalue weighted by Gasteiger charge is 2.07. The predicted molar refractivity (Wildman–Crippen MR) is 68.3 cm³/mol. The van der Waals surface area contributed by atoms with Crippen molar-refractivity contribution in [2.75, 3.05) is 13.2 Å². The number of hydrogen-bond acceptors (Lipinski definition) is 5. The van der Waals surface area contributed by atoms with Crippen molar-refractivity contribution < 1.29 is 19.2 Å². The van der Waals surface area contributed by atoms with Crippen LogP contribution in [0.15, 0.2) is 24.4 Å². The van der Waals surface area contributed by atoms with Crippen LogP contribution < -0.4 is 15.2 Å². The maximum absolute atomic E-state index is 10.7. The van der Waals surface area contributed by atoms with Gasteiger partial charge in [0.25, 0.3) is 5.91 Å². The fraction of sp³-hybridized carbons (Fsp3) is 0.250. The van der Waals surface area contributed by atoms with Gasteiger partial charge in [-0.15, -0.1) is 0 Å². The number of rotatable bonds is 7. The smallest absolute Gasteiger partial charge is 0.255 e. The maximum Gasteiger partial charge on any atom is 0.255 e. The molecule has 19 heavy (non-hydrogen) atoms. The van der Waals surface area contributed by atoms with Crippen molar-refractivity contribution in [3.63, 3.8) is 0 Å². The number of ether oxygens (including phenoxy) is 2. The fourth-order valence-corrected chi connectivity index (χ4v) is 1.31. The normalized spacial score (nSPS) is 10.4. The Morgan fingerprint density at radius 2 is 2.16 bits per heavy atom. The molecule has 0 aliphatic heterocycles. The number of nitro groups is 1. The van der Waals surface area contributed by atoms with E-state index in [9.17, 15) is 14.9 Å². The molecule has 7 heteroatoms. The van der Waals surface area contributed by atoms with Crippen LogP contribution in [0, 0.1) is 10.1 Å². The molecule has 0 aliphatic carbocycles. The maximum atomic E-state index is 10.7. The molecule has 1 rings (SSSR count). The summed E-state index contributed by atoms with van der Waals surface area (Å²) in [5.41, 5.74) is 5.57. The molecule has 7 nitrogen and oxygen atoms in total. The van der Waals surface area contributed by atoms with Crippen molar-refractivity contribution in [1.82, 2.24) is 0 Å². The summed E-state index contributed by atoms with van der Waals surface area (Å²) < 4.78 is 10.5. The Labute approximate surface area is 109 Å². The average Bonchev–Trinajstić information content (AvgIpc) is 2.35. The van der Waals surface area contributed by atoms with Crippen LogP contribution in [0.1, 0.15) is 12.5 Å². The van der Waals surface area contributed by atoms with Crippen LogP contribution in [0.2, 0.25) is 0 Å². The third-order valence-corrected chi connectivity index (χ3v) is 2.03. The van der Waals surface area contributed by atoms with E-state index in [1.54, 1.807) is 25.1 Å². The summed E-state index contributed by atoms with van der Waals surface area (Å²) in [5.74, 6) is 0.160. The van der Waals surface area contributed by atoms with Gasteiger partial charge in [0.15, 0.2) is 18.1 Å². The second-order valence-corrected chi connectivity index (χ2v) is 3.50. The Morgan fingerprint density at radius 1 is 1.42 bits per heavy atom. The first kappa shape index (κ1) is 14.5. The zero-order valence-corrected chi connectivity index (χ0v) is 10.4. The molecular weight excluding hydrogens is 252 g/mol. The van der Waals surface area contributed by atoms with Gasteiger partial charge in [0.2, 0.25) is 6.20 Å². The molecule has 2 N–H and O–H groups in total. The van der Waals surface area contributed by atoms with E-state index >= 15 is 0 Å². The molecule has 0 fully saturated rings. The van der Waals surface area contributed by atoms with Gasteiger partial charge < -0.3 is 15.2 Å². The zero-order chi connectivity index (χ0) is 14.3. The van der Waals surface area contributed by atoms with Crippen LogP contribution in [0.25, 0.3) is 6.08 Å². The lowest BCUT2D eigenvalue weighted by molar-refractivity contribution is -0.400. The standard InChI is InChI=1S/C12H14N2O5/c1-2-18-11-7-9(5-6-14(16)17)3-4-10(11)19-8-12(13)15/h3-7H,2,8H2,1H3,(H2,13,15). The van der Waals surface area contributed by atoms with Crippen molar-refractivity contribution in [3.05, 3.63) is 40.1 Å². The van der Waals surface area contributed by atoms with Crippen molar-refractivity contribution in [3.8, 4) is 11.5 Å². The molecule has 1 aromatic rings. The molecule has 0 spiro atoms. The van der Waals surface area contributed by atoms with Crippen LogP contribution in [0.5, 0.6) is 11.5 Å². The van der Waals surface area contributed by atoms with Gasteiger partial charge in [-0.25, -0.2) is 0 Å². The monoisotopic (exact) mass is 266 g/mol. The number of carbonyl (C=O) groups excluding carboxylic acids is 1. The topological polar surface area (TPSA) is 105 Å². The van der Waals surface area contributed by atoms with Gasteiger partial charge in [0, 0.05) is 6.08 Å². The van der Waals surface area contributed by atoms with Gasteiger partial charge in [-0.1, -0.05) is 6.07 Å². The molecule has 0 atom stereocenters. The summed E-state index contributed by atoms with van der Waals surface area (Å²) in [6, 6.07) is 4.76. The Morgan fingerprint density at radius 3 is 2.74 bits per heavy atom. The van der Waals surface area contributed by atoms with Crippen LogP contribution >= 0.6 is 0 Å². The third-order valence-electron chi connectivity index (χ3n) is 2.03. The van der Waals surface area contributed by atoms with Crippen molar-refractivity contribution in [2.45, 2.75) is 6.92 Å².